The highest BCUT2D eigenvalue weighted by molar-refractivity contribution is 5.89. The van der Waals surface area contributed by atoms with Gasteiger partial charge in [-0.15, -0.1) is 0 Å². The average molecular weight is 467 g/mol. The average Bonchev–Trinajstić information content (AvgIpc) is 3.38. The maximum atomic E-state index is 12.9. The van der Waals surface area contributed by atoms with E-state index in [1.54, 1.807) is 4.90 Å². The summed E-state index contributed by atoms with van der Waals surface area (Å²) in [5.74, 6) is 1.55. The van der Waals surface area contributed by atoms with Crippen LogP contribution in [-0.2, 0) is 19.1 Å². The summed E-state index contributed by atoms with van der Waals surface area (Å²) >= 11 is 0. The molecule has 5 rings (SSSR count). The van der Waals surface area contributed by atoms with E-state index in [1.807, 2.05) is 30.3 Å². The summed E-state index contributed by atoms with van der Waals surface area (Å²) < 4.78 is 38.4. The number of amides is 2. The highest BCUT2D eigenvalue weighted by atomic mass is 19.4. The van der Waals surface area contributed by atoms with Gasteiger partial charge in [-0.3, -0.25) is 0 Å². The molecule has 176 valence electrons. The number of anilines is 2. The minimum atomic E-state index is -4.41. The molecule has 0 radical (unpaired) electrons. The van der Waals surface area contributed by atoms with Crippen molar-refractivity contribution in [3.63, 3.8) is 0 Å². The number of hydrogen-bond donors (Lipinski definition) is 1. The zero-order valence-electron chi connectivity index (χ0n) is 18.5. The fourth-order valence-electron chi connectivity index (χ4n) is 4.42. The van der Waals surface area contributed by atoms with Gasteiger partial charge in [0.05, 0.1) is 17.8 Å². The molecule has 0 atom stereocenters. The Morgan fingerprint density at radius 2 is 1.62 bits per heavy atom. The second-order valence-corrected chi connectivity index (χ2v) is 8.53. The number of fused-ring (bicyclic) bond motifs is 1. The van der Waals surface area contributed by atoms with E-state index in [2.05, 4.69) is 10.2 Å². The summed E-state index contributed by atoms with van der Waals surface area (Å²) in [7, 11) is 0. The third-order valence-corrected chi connectivity index (χ3v) is 6.23. The number of rotatable bonds is 3. The third-order valence-electron chi connectivity index (χ3n) is 6.23. The summed E-state index contributed by atoms with van der Waals surface area (Å²) in [5.41, 5.74) is 2.40. The van der Waals surface area contributed by atoms with Crippen molar-refractivity contribution in [1.82, 2.24) is 14.9 Å². The highest BCUT2D eigenvalue weighted by Gasteiger charge is 2.31. The second-order valence-electron chi connectivity index (χ2n) is 8.53. The van der Waals surface area contributed by atoms with Gasteiger partial charge in [0.2, 0.25) is 0 Å². The lowest BCUT2D eigenvalue weighted by atomic mass is 10.0. The number of aromatic nitrogens is 2. The van der Waals surface area contributed by atoms with Gasteiger partial charge in [-0.1, -0.05) is 30.3 Å². The SMILES string of the molecule is O=C(Nc1ccc(C(F)(F)F)cc1)N1CCc2nc(-c3ccccc3)nc(N3CCCC3)c2C1. The standard InChI is InChI=1S/C25H24F3N5O/c26-25(27,28)18-8-10-19(11-9-18)29-24(34)33-15-12-21-20(16-33)23(32-13-4-5-14-32)31-22(30-21)17-6-2-1-3-7-17/h1-3,6-11H,4-5,12-16H2,(H,29,34). The van der Waals surface area contributed by atoms with E-state index in [9.17, 15) is 18.0 Å². The van der Waals surface area contributed by atoms with Gasteiger partial charge in [0.15, 0.2) is 5.82 Å². The number of nitrogens with one attached hydrogen (secondary N) is 1. The molecule has 3 heterocycles. The van der Waals surface area contributed by atoms with Crippen LogP contribution in [-0.4, -0.2) is 40.5 Å². The van der Waals surface area contributed by atoms with E-state index < -0.39 is 11.7 Å². The Morgan fingerprint density at radius 1 is 0.912 bits per heavy atom. The Labute approximate surface area is 195 Å². The largest absolute Gasteiger partial charge is 0.416 e. The Bertz CT molecular complexity index is 1180. The van der Waals surface area contributed by atoms with Crippen LogP contribution in [0.1, 0.15) is 29.7 Å². The second kappa shape index (κ2) is 8.96. The van der Waals surface area contributed by atoms with E-state index in [0.29, 0.717) is 31.0 Å². The molecule has 1 aromatic heterocycles. The van der Waals surface area contributed by atoms with Crippen LogP contribution in [0.2, 0.25) is 0 Å². The Balaban J connectivity index is 1.39. The zero-order chi connectivity index (χ0) is 23.7. The number of alkyl halides is 3. The molecular weight excluding hydrogens is 443 g/mol. The quantitative estimate of drug-likeness (QED) is 0.564. The van der Waals surface area contributed by atoms with Crippen molar-refractivity contribution in [2.45, 2.75) is 32.0 Å². The van der Waals surface area contributed by atoms with Crippen LogP contribution in [0.25, 0.3) is 11.4 Å². The Morgan fingerprint density at radius 3 is 2.29 bits per heavy atom. The van der Waals surface area contributed by atoms with Crippen LogP contribution >= 0.6 is 0 Å². The summed E-state index contributed by atoms with van der Waals surface area (Å²) in [6.45, 7) is 2.64. The van der Waals surface area contributed by atoms with Crippen molar-refractivity contribution in [2.24, 2.45) is 0 Å². The number of carbonyl (C=O) groups is 1. The van der Waals surface area contributed by atoms with Gasteiger partial charge in [0.1, 0.15) is 5.82 Å². The fraction of sp³-hybridized carbons (Fsp3) is 0.320. The van der Waals surface area contributed by atoms with Crippen molar-refractivity contribution in [3.05, 3.63) is 71.4 Å². The Kier molecular flexibility index (Phi) is 5.85. The number of halogens is 3. The van der Waals surface area contributed by atoms with Crippen LogP contribution in [0, 0.1) is 0 Å². The first-order chi connectivity index (χ1) is 16.4. The normalized spacial score (nSPS) is 15.9. The molecule has 34 heavy (non-hydrogen) atoms. The molecule has 0 spiro atoms. The summed E-state index contributed by atoms with van der Waals surface area (Å²) in [6, 6.07) is 14.0. The van der Waals surface area contributed by atoms with Crippen molar-refractivity contribution in [2.75, 3.05) is 29.9 Å². The molecule has 2 aliphatic heterocycles. The molecule has 2 aliphatic rings. The fourth-order valence-corrected chi connectivity index (χ4v) is 4.42. The first-order valence-electron chi connectivity index (χ1n) is 11.3. The number of urea groups is 1. The van der Waals surface area contributed by atoms with Crippen LogP contribution < -0.4 is 10.2 Å². The number of nitrogens with zero attached hydrogens (tertiary/aromatic N) is 4. The predicted molar refractivity (Wildman–Crippen MR) is 123 cm³/mol. The number of carbonyl (C=O) groups excluding carboxylic acids is 1. The van der Waals surface area contributed by atoms with E-state index in [1.165, 1.54) is 12.1 Å². The maximum Gasteiger partial charge on any atom is 0.416 e. The first kappa shape index (κ1) is 22.2. The van der Waals surface area contributed by atoms with Gasteiger partial charge in [-0.25, -0.2) is 14.8 Å². The van der Waals surface area contributed by atoms with E-state index >= 15 is 0 Å². The van der Waals surface area contributed by atoms with E-state index in [4.69, 9.17) is 9.97 Å². The summed E-state index contributed by atoms with van der Waals surface area (Å²) in [6.07, 6.45) is -1.64. The van der Waals surface area contributed by atoms with Crippen molar-refractivity contribution < 1.29 is 18.0 Å². The van der Waals surface area contributed by atoms with Crippen LogP contribution in [0.5, 0.6) is 0 Å². The first-order valence-corrected chi connectivity index (χ1v) is 11.3. The lowest BCUT2D eigenvalue weighted by molar-refractivity contribution is -0.137. The van der Waals surface area contributed by atoms with Gasteiger partial charge in [0.25, 0.3) is 0 Å². The van der Waals surface area contributed by atoms with Gasteiger partial charge >= 0.3 is 12.2 Å². The van der Waals surface area contributed by atoms with Crippen LogP contribution in [0.15, 0.2) is 54.6 Å². The van der Waals surface area contributed by atoms with E-state index in [-0.39, 0.29) is 6.03 Å². The topological polar surface area (TPSA) is 61.4 Å². The third kappa shape index (κ3) is 4.55. The minimum absolute atomic E-state index is 0.319. The minimum Gasteiger partial charge on any atom is -0.356 e. The lowest BCUT2D eigenvalue weighted by Gasteiger charge is -2.32. The molecule has 9 heteroatoms. The van der Waals surface area contributed by atoms with Crippen molar-refractivity contribution >= 4 is 17.5 Å². The van der Waals surface area contributed by atoms with Crippen molar-refractivity contribution in [3.8, 4) is 11.4 Å². The molecule has 2 aromatic carbocycles. The molecule has 3 aromatic rings. The maximum absolute atomic E-state index is 12.9. The summed E-state index contributed by atoms with van der Waals surface area (Å²) in [4.78, 5) is 26.6. The van der Waals surface area contributed by atoms with E-state index in [0.717, 1.165) is 60.7 Å². The molecule has 0 aliphatic carbocycles. The zero-order valence-corrected chi connectivity index (χ0v) is 18.5. The number of hydrogen-bond acceptors (Lipinski definition) is 4. The molecule has 1 N–H and O–H groups in total. The highest BCUT2D eigenvalue weighted by Crippen LogP contribution is 2.32. The van der Waals surface area contributed by atoms with Crippen molar-refractivity contribution in [1.29, 1.82) is 0 Å². The lowest BCUT2D eigenvalue weighted by Crippen LogP contribution is -2.40. The van der Waals surface area contributed by atoms with Gasteiger partial charge in [0, 0.05) is 42.9 Å². The molecule has 1 saturated heterocycles. The summed E-state index contributed by atoms with van der Waals surface area (Å²) in [5, 5.41) is 2.71. The predicted octanol–water partition coefficient (Wildman–Crippen LogP) is 5.35. The molecular formula is C25H24F3N5O. The molecule has 0 bridgehead atoms. The van der Waals surface area contributed by atoms with Gasteiger partial charge in [-0.05, 0) is 37.1 Å². The van der Waals surface area contributed by atoms with Crippen LogP contribution in [0.3, 0.4) is 0 Å². The molecule has 6 nitrogen and oxygen atoms in total. The monoisotopic (exact) mass is 467 g/mol. The molecule has 1 fully saturated rings. The van der Waals surface area contributed by atoms with Gasteiger partial charge in [-0.2, -0.15) is 13.2 Å². The molecule has 2 amide bonds. The Hall–Kier alpha value is -3.62. The molecule has 0 saturated carbocycles. The van der Waals surface area contributed by atoms with Crippen LogP contribution in [0.4, 0.5) is 29.5 Å². The van der Waals surface area contributed by atoms with Gasteiger partial charge < -0.3 is 15.1 Å². The number of benzene rings is 2. The molecule has 0 unspecified atom stereocenters. The smallest absolute Gasteiger partial charge is 0.356 e.